The van der Waals surface area contributed by atoms with E-state index in [0.717, 1.165) is 5.56 Å². The number of carbonyl (C=O) groups is 1. The Labute approximate surface area is 172 Å². The maximum absolute atomic E-state index is 13.1. The van der Waals surface area contributed by atoms with Crippen LogP contribution in [0.2, 0.25) is 5.02 Å². The SMILES string of the molecule is COc1nn(C(C)Cc2ccc(F)cc2)c(=O)cc1-c1cc(Cl)ccc1C(C)=O. The van der Waals surface area contributed by atoms with Gasteiger partial charge in [-0.3, -0.25) is 9.59 Å². The number of methoxy groups -OCH3 is 1. The number of ether oxygens (including phenoxy) is 1. The molecule has 1 aromatic heterocycles. The molecule has 0 radical (unpaired) electrons. The lowest BCUT2D eigenvalue weighted by atomic mass is 9.98. The predicted molar refractivity (Wildman–Crippen MR) is 110 cm³/mol. The fraction of sp³-hybridized carbons (Fsp3) is 0.227. The van der Waals surface area contributed by atoms with Gasteiger partial charge in [-0.05, 0) is 61.7 Å². The molecule has 0 saturated heterocycles. The number of rotatable bonds is 6. The van der Waals surface area contributed by atoms with Crippen molar-refractivity contribution in [1.82, 2.24) is 9.78 Å². The number of nitrogens with zero attached hydrogens (tertiary/aromatic N) is 2. The van der Waals surface area contributed by atoms with Crippen molar-refractivity contribution in [2.75, 3.05) is 7.11 Å². The van der Waals surface area contributed by atoms with Crippen molar-refractivity contribution in [2.45, 2.75) is 26.3 Å². The molecule has 7 heteroatoms. The lowest BCUT2D eigenvalue weighted by molar-refractivity contribution is 0.101. The smallest absolute Gasteiger partial charge is 0.267 e. The van der Waals surface area contributed by atoms with E-state index in [4.69, 9.17) is 16.3 Å². The summed E-state index contributed by atoms with van der Waals surface area (Å²) >= 11 is 6.11. The first-order valence-electron chi connectivity index (χ1n) is 9.03. The topological polar surface area (TPSA) is 61.2 Å². The van der Waals surface area contributed by atoms with Crippen molar-refractivity contribution in [3.05, 3.63) is 80.9 Å². The molecule has 1 unspecified atom stereocenters. The molecule has 0 spiro atoms. The van der Waals surface area contributed by atoms with Gasteiger partial charge in [0.25, 0.3) is 5.56 Å². The Bertz CT molecular complexity index is 1110. The summed E-state index contributed by atoms with van der Waals surface area (Å²) in [5.41, 5.74) is 1.85. The molecule has 0 aliphatic heterocycles. The highest BCUT2D eigenvalue weighted by Crippen LogP contribution is 2.32. The maximum Gasteiger partial charge on any atom is 0.267 e. The summed E-state index contributed by atoms with van der Waals surface area (Å²) in [5.74, 6) is -0.265. The Morgan fingerprint density at radius 2 is 1.86 bits per heavy atom. The Morgan fingerprint density at radius 3 is 2.48 bits per heavy atom. The average Bonchev–Trinajstić information content (AvgIpc) is 2.69. The second-order valence-corrected chi connectivity index (χ2v) is 7.21. The molecule has 0 saturated carbocycles. The third-order valence-electron chi connectivity index (χ3n) is 4.63. The quantitative estimate of drug-likeness (QED) is 0.548. The van der Waals surface area contributed by atoms with Crippen LogP contribution in [0.25, 0.3) is 11.1 Å². The number of ketones is 1. The Balaban J connectivity index is 2.05. The van der Waals surface area contributed by atoms with Crippen molar-refractivity contribution < 1.29 is 13.9 Å². The molecule has 1 heterocycles. The molecule has 3 rings (SSSR count). The van der Waals surface area contributed by atoms with Crippen molar-refractivity contribution >= 4 is 17.4 Å². The maximum atomic E-state index is 13.1. The van der Waals surface area contributed by atoms with Crippen molar-refractivity contribution in [3.63, 3.8) is 0 Å². The highest BCUT2D eigenvalue weighted by atomic mass is 35.5. The van der Waals surface area contributed by atoms with E-state index in [2.05, 4.69) is 5.10 Å². The van der Waals surface area contributed by atoms with Crippen molar-refractivity contribution in [2.24, 2.45) is 0 Å². The van der Waals surface area contributed by atoms with E-state index in [9.17, 15) is 14.0 Å². The van der Waals surface area contributed by atoms with Crippen LogP contribution in [-0.4, -0.2) is 22.7 Å². The highest BCUT2D eigenvalue weighted by molar-refractivity contribution is 6.31. The summed E-state index contributed by atoms with van der Waals surface area (Å²) in [5, 5.41) is 4.80. The number of hydrogen-bond donors (Lipinski definition) is 0. The van der Waals surface area contributed by atoms with Gasteiger partial charge in [0.2, 0.25) is 5.88 Å². The van der Waals surface area contributed by atoms with Gasteiger partial charge in [0, 0.05) is 16.7 Å². The third-order valence-corrected chi connectivity index (χ3v) is 4.86. The zero-order valence-electron chi connectivity index (χ0n) is 16.3. The minimum absolute atomic E-state index is 0.160. The van der Waals surface area contributed by atoms with Gasteiger partial charge in [-0.2, -0.15) is 0 Å². The van der Waals surface area contributed by atoms with Crippen LogP contribution in [0.3, 0.4) is 0 Å². The largest absolute Gasteiger partial charge is 0.480 e. The van der Waals surface area contributed by atoms with Gasteiger partial charge in [0.05, 0.1) is 18.7 Å². The van der Waals surface area contributed by atoms with Crippen LogP contribution in [0.1, 0.15) is 35.8 Å². The van der Waals surface area contributed by atoms with E-state index in [-0.39, 0.29) is 29.1 Å². The highest BCUT2D eigenvalue weighted by Gasteiger charge is 2.19. The lowest BCUT2D eigenvalue weighted by Crippen LogP contribution is -2.27. The summed E-state index contributed by atoms with van der Waals surface area (Å²) in [7, 11) is 1.45. The molecular formula is C22H20ClFN2O3. The summed E-state index contributed by atoms with van der Waals surface area (Å²) in [6, 6.07) is 12.1. The molecule has 5 nitrogen and oxygen atoms in total. The van der Waals surface area contributed by atoms with Crippen LogP contribution in [0.4, 0.5) is 4.39 Å². The van der Waals surface area contributed by atoms with E-state index in [1.54, 1.807) is 30.3 Å². The number of halogens is 2. The molecule has 150 valence electrons. The van der Waals surface area contributed by atoms with Gasteiger partial charge in [-0.1, -0.05) is 23.7 Å². The number of aromatic nitrogens is 2. The van der Waals surface area contributed by atoms with Crippen LogP contribution in [0.15, 0.2) is 53.3 Å². The number of Topliss-reactive ketones (excluding diaryl/α,β-unsaturated/α-hetero) is 1. The van der Waals surface area contributed by atoms with Crippen molar-refractivity contribution in [3.8, 4) is 17.0 Å². The lowest BCUT2D eigenvalue weighted by Gasteiger charge is -2.17. The fourth-order valence-corrected chi connectivity index (χ4v) is 3.38. The monoisotopic (exact) mass is 414 g/mol. The first-order chi connectivity index (χ1) is 13.8. The zero-order valence-corrected chi connectivity index (χ0v) is 17.0. The van der Waals surface area contributed by atoms with Crippen LogP contribution >= 0.6 is 11.6 Å². The van der Waals surface area contributed by atoms with E-state index in [1.807, 2.05) is 6.92 Å². The van der Waals surface area contributed by atoms with Crippen molar-refractivity contribution in [1.29, 1.82) is 0 Å². The number of hydrogen-bond acceptors (Lipinski definition) is 4. The van der Waals surface area contributed by atoms with E-state index in [0.29, 0.717) is 28.1 Å². The third kappa shape index (κ3) is 4.54. The first-order valence-corrected chi connectivity index (χ1v) is 9.41. The van der Waals surface area contributed by atoms with Crippen LogP contribution in [0.5, 0.6) is 5.88 Å². The van der Waals surface area contributed by atoms with Crippen LogP contribution in [-0.2, 0) is 6.42 Å². The molecular weight excluding hydrogens is 395 g/mol. The Morgan fingerprint density at radius 1 is 1.17 bits per heavy atom. The molecule has 1 atom stereocenters. The number of carbonyl (C=O) groups excluding carboxylic acids is 1. The van der Waals surface area contributed by atoms with Crippen LogP contribution in [0, 0.1) is 5.82 Å². The van der Waals surface area contributed by atoms with E-state index in [1.165, 1.54) is 36.9 Å². The van der Waals surface area contributed by atoms with Gasteiger partial charge >= 0.3 is 0 Å². The van der Waals surface area contributed by atoms with E-state index >= 15 is 0 Å². The van der Waals surface area contributed by atoms with Gasteiger partial charge in [0.1, 0.15) is 5.82 Å². The van der Waals surface area contributed by atoms with Gasteiger partial charge in [-0.25, -0.2) is 9.07 Å². The summed E-state index contributed by atoms with van der Waals surface area (Å²) in [6.45, 7) is 3.29. The number of benzene rings is 2. The molecule has 2 aromatic carbocycles. The standard InChI is InChI=1S/C22H20ClFN2O3/c1-13(10-15-4-7-17(24)8-5-15)26-21(28)12-20(22(25-26)29-3)19-11-16(23)6-9-18(19)14(2)27/h4-9,11-13H,10H2,1-3H3. The molecule has 3 aromatic rings. The average molecular weight is 415 g/mol. The Hall–Kier alpha value is -2.99. The van der Waals surface area contributed by atoms with E-state index < -0.39 is 0 Å². The molecule has 0 amide bonds. The summed E-state index contributed by atoms with van der Waals surface area (Å²) in [4.78, 5) is 24.8. The first kappa shape index (κ1) is 20.7. The Kier molecular flexibility index (Phi) is 6.13. The predicted octanol–water partition coefficient (Wildman–Crippen LogP) is 4.72. The van der Waals surface area contributed by atoms with Gasteiger partial charge in [0.15, 0.2) is 5.78 Å². The molecule has 0 N–H and O–H groups in total. The second kappa shape index (κ2) is 8.57. The molecule has 0 aliphatic carbocycles. The molecule has 29 heavy (non-hydrogen) atoms. The second-order valence-electron chi connectivity index (χ2n) is 6.78. The molecule has 0 aliphatic rings. The fourth-order valence-electron chi connectivity index (χ4n) is 3.21. The minimum atomic E-state index is -0.343. The van der Waals surface area contributed by atoms with Gasteiger partial charge < -0.3 is 4.74 Å². The van der Waals surface area contributed by atoms with Gasteiger partial charge in [-0.15, -0.1) is 5.10 Å². The van der Waals surface area contributed by atoms with Crippen LogP contribution < -0.4 is 10.3 Å². The zero-order chi connectivity index (χ0) is 21.1. The normalized spacial score (nSPS) is 11.9. The molecule has 0 fully saturated rings. The summed E-state index contributed by atoms with van der Waals surface area (Å²) < 4.78 is 19.9. The minimum Gasteiger partial charge on any atom is -0.480 e. The summed E-state index contributed by atoms with van der Waals surface area (Å²) in [6.07, 6.45) is 0.492. The molecule has 0 bridgehead atoms.